The average molecular weight is 354 g/mol. The Labute approximate surface area is 156 Å². The molecule has 1 atom stereocenters. The summed E-state index contributed by atoms with van der Waals surface area (Å²) in [5.41, 5.74) is 4.84. The quantitative estimate of drug-likeness (QED) is 0.682. The number of benzene rings is 1. The van der Waals surface area contributed by atoms with Gasteiger partial charge in [-0.05, 0) is 57.7 Å². The van der Waals surface area contributed by atoms with Crippen molar-refractivity contribution in [3.8, 4) is 5.75 Å². The molecule has 3 rings (SSSR count). The third-order valence-electron chi connectivity index (χ3n) is 5.09. The van der Waals surface area contributed by atoms with Gasteiger partial charge in [-0.25, -0.2) is 0 Å². The maximum atomic E-state index is 6.02. The fraction of sp³-hybridized carbons (Fsp3) is 0.500. The van der Waals surface area contributed by atoms with Gasteiger partial charge in [0, 0.05) is 18.7 Å². The lowest BCUT2D eigenvalue weighted by Gasteiger charge is -2.28. The topological polar surface area (TPSA) is 38.5 Å². The van der Waals surface area contributed by atoms with E-state index < -0.39 is 0 Å². The highest BCUT2D eigenvalue weighted by Gasteiger charge is 2.20. The van der Waals surface area contributed by atoms with E-state index in [1.165, 1.54) is 11.1 Å². The van der Waals surface area contributed by atoms with E-state index in [4.69, 9.17) is 9.26 Å². The number of piperidine rings is 1. The molecule has 1 unspecified atom stereocenters. The van der Waals surface area contributed by atoms with Gasteiger partial charge in [-0.1, -0.05) is 42.3 Å². The Bertz CT molecular complexity index is 753. The van der Waals surface area contributed by atoms with Gasteiger partial charge in [0.2, 0.25) is 5.88 Å². The Morgan fingerprint density at radius 2 is 2.04 bits per heavy atom. The van der Waals surface area contributed by atoms with Gasteiger partial charge in [0.15, 0.2) is 0 Å². The monoisotopic (exact) mass is 354 g/mol. The minimum Gasteiger partial charge on any atom is -0.491 e. The van der Waals surface area contributed by atoms with E-state index in [1.807, 2.05) is 13.0 Å². The zero-order valence-electron chi connectivity index (χ0n) is 16.4. The second-order valence-corrected chi connectivity index (χ2v) is 7.28. The second kappa shape index (κ2) is 8.43. The molecule has 2 aromatic rings. The van der Waals surface area contributed by atoms with Crippen LogP contribution < -0.4 is 9.64 Å². The highest BCUT2D eigenvalue weighted by molar-refractivity contribution is 5.56. The number of anilines is 1. The van der Waals surface area contributed by atoms with E-state index in [-0.39, 0.29) is 6.10 Å². The minimum atomic E-state index is 0.264. The summed E-state index contributed by atoms with van der Waals surface area (Å²) in [5, 5.41) is 4.08. The zero-order valence-corrected chi connectivity index (χ0v) is 16.4. The normalized spacial score (nSPS) is 15.8. The standard InChI is InChI=1S/C22H30N2O2/c1-5-7-16(2)25-21-9-6-8-20(15-21)14-19-10-12-24(13-11-19)22-17(3)18(4)23-26-22/h6,8-9,14-16H,5,7,10-13H2,1-4H3. The Morgan fingerprint density at radius 1 is 1.27 bits per heavy atom. The van der Waals surface area contributed by atoms with Gasteiger partial charge >= 0.3 is 0 Å². The molecule has 0 aliphatic carbocycles. The van der Waals surface area contributed by atoms with Gasteiger partial charge in [-0.15, -0.1) is 0 Å². The van der Waals surface area contributed by atoms with Crippen molar-refractivity contribution in [2.45, 2.75) is 59.5 Å². The van der Waals surface area contributed by atoms with Gasteiger partial charge in [0.05, 0.1) is 11.8 Å². The summed E-state index contributed by atoms with van der Waals surface area (Å²) in [7, 11) is 0. The van der Waals surface area contributed by atoms with E-state index in [1.54, 1.807) is 0 Å². The SMILES string of the molecule is CCCC(C)Oc1cccc(C=C2CCN(c3onc(C)c3C)CC2)c1. The van der Waals surface area contributed by atoms with Crippen LogP contribution in [0.25, 0.3) is 6.08 Å². The summed E-state index contributed by atoms with van der Waals surface area (Å²) in [6.45, 7) is 10.4. The Hall–Kier alpha value is -2.23. The van der Waals surface area contributed by atoms with Crippen molar-refractivity contribution in [3.05, 3.63) is 46.7 Å². The highest BCUT2D eigenvalue weighted by Crippen LogP contribution is 2.28. The van der Waals surface area contributed by atoms with Crippen molar-refractivity contribution < 1.29 is 9.26 Å². The van der Waals surface area contributed by atoms with Crippen LogP contribution in [0.1, 0.15) is 56.4 Å². The lowest BCUT2D eigenvalue weighted by atomic mass is 10.0. The molecule has 0 spiro atoms. The molecule has 2 heterocycles. The third-order valence-corrected chi connectivity index (χ3v) is 5.09. The van der Waals surface area contributed by atoms with Crippen LogP contribution in [-0.4, -0.2) is 24.4 Å². The molecular formula is C22H30N2O2. The fourth-order valence-electron chi connectivity index (χ4n) is 3.45. The summed E-state index contributed by atoms with van der Waals surface area (Å²) in [5.74, 6) is 1.90. The third kappa shape index (κ3) is 4.48. The first-order valence-electron chi connectivity index (χ1n) is 9.70. The molecule has 4 heteroatoms. The molecule has 1 aromatic carbocycles. The summed E-state index contributed by atoms with van der Waals surface area (Å²) in [4.78, 5) is 2.30. The molecule has 0 bridgehead atoms. The molecular weight excluding hydrogens is 324 g/mol. The van der Waals surface area contributed by atoms with E-state index in [9.17, 15) is 0 Å². The van der Waals surface area contributed by atoms with Crippen LogP contribution in [0.5, 0.6) is 5.75 Å². The van der Waals surface area contributed by atoms with Gasteiger partial charge in [-0.3, -0.25) is 0 Å². The summed E-state index contributed by atoms with van der Waals surface area (Å²) < 4.78 is 11.5. The van der Waals surface area contributed by atoms with E-state index >= 15 is 0 Å². The Balaban J connectivity index is 1.62. The van der Waals surface area contributed by atoms with Crippen LogP contribution in [0.15, 0.2) is 34.4 Å². The molecule has 0 saturated carbocycles. The molecule has 1 aromatic heterocycles. The number of rotatable bonds is 6. The van der Waals surface area contributed by atoms with Crippen molar-refractivity contribution in [1.29, 1.82) is 0 Å². The lowest BCUT2D eigenvalue weighted by Crippen LogP contribution is -2.30. The summed E-state index contributed by atoms with van der Waals surface area (Å²) in [6, 6.07) is 8.43. The van der Waals surface area contributed by atoms with E-state index in [2.05, 4.69) is 55.1 Å². The van der Waals surface area contributed by atoms with Crippen LogP contribution in [0.4, 0.5) is 5.88 Å². The number of nitrogens with zero attached hydrogens (tertiary/aromatic N) is 2. The van der Waals surface area contributed by atoms with E-state index in [0.29, 0.717) is 0 Å². The first-order chi connectivity index (χ1) is 12.6. The van der Waals surface area contributed by atoms with Crippen molar-refractivity contribution in [2.75, 3.05) is 18.0 Å². The second-order valence-electron chi connectivity index (χ2n) is 7.28. The molecule has 1 aliphatic rings. The van der Waals surface area contributed by atoms with Crippen molar-refractivity contribution >= 4 is 12.0 Å². The smallest absolute Gasteiger partial charge is 0.230 e. The maximum Gasteiger partial charge on any atom is 0.230 e. The number of aryl methyl sites for hydroxylation is 1. The zero-order chi connectivity index (χ0) is 18.5. The first kappa shape index (κ1) is 18.6. The number of aromatic nitrogens is 1. The lowest BCUT2D eigenvalue weighted by molar-refractivity contribution is 0.210. The Kier molecular flexibility index (Phi) is 6.02. The van der Waals surface area contributed by atoms with Crippen LogP contribution in [0.2, 0.25) is 0 Å². The number of hydrogen-bond donors (Lipinski definition) is 0. The van der Waals surface area contributed by atoms with Crippen LogP contribution in [0.3, 0.4) is 0 Å². The van der Waals surface area contributed by atoms with Crippen molar-refractivity contribution in [2.24, 2.45) is 0 Å². The molecule has 140 valence electrons. The van der Waals surface area contributed by atoms with Crippen molar-refractivity contribution in [3.63, 3.8) is 0 Å². The summed E-state index contributed by atoms with van der Waals surface area (Å²) >= 11 is 0. The molecule has 4 nitrogen and oxygen atoms in total. The van der Waals surface area contributed by atoms with Gasteiger partial charge in [0.1, 0.15) is 5.75 Å². The van der Waals surface area contributed by atoms with Crippen LogP contribution >= 0.6 is 0 Å². The van der Waals surface area contributed by atoms with E-state index in [0.717, 1.165) is 61.7 Å². The molecule has 0 N–H and O–H groups in total. The molecule has 0 amide bonds. The van der Waals surface area contributed by atoms with Gasteiger partial charge in [0.25, 0.3) is 0 Å². The summed E-state index contributed by atoms with van der Waals surface area (Å²) in [6.07, 6.45) is 6.91. The number of hydrogen-bond acceptors (Lipinski definition) is 4. The molecule has 0 radical (unpaired) electrons. The Morgan fingerprint density at radius 3 is 2.69 bits per heavy atom. The predicted molar refractivity (Wildman–Crippen MR) is 107 cm³/mol. The highest BCUT2D eigenvalue weighted by atomic mass is 16.5. The minimum absolute atomic E-state index is 0.264. The molecule has 1 fully saturated rings. The maximum absolute atomic E-state index is 6.02. The van der Waals surface area contributed by atoms with Gasteiger partial charge in [-0.2, -0.15) is 0 Å². The molecule has 1 aliphatic heterocycles. The predicted octanol–water partition coefficient (Wildman–Crippen LogP) is 5.54. The van der Waals surface area contributed by atoms with Crippen molar-refractivity contribution in [1.82, 2.24) is 5.16 Å². The fourth-order valence-corrected chi connectivity index (χ4v) is 3.45. The van der Waals surface area contributed by atoms with Crippen LogP contribution in [0, 0.1) is 13.8 Å². The number of ether oxygens (including phenoxy) is 1. The van der Waals surface area contributed by atoms with Gasteiger partial charge < -0.3 is 14.2 Å². The largest absolute Gasteiger partial charge is 0.491 e. The molecule has 1 saturated heterocycles. The van der Waals surface area contributed by atoms with Crippen LogP contribution in [-0.2, 0) is 0 Å². The average Bonchev–Trinajstić information content (AvgIpc) is 2.95. The molecule has 26 heavy (non-hydrogen) atoms. The first-order valence-corrected chi connectivity index (χ1v) is 9.70.